The molecule has 24 heavy (non-hydrogen) atoms. The molecule has 0 saturated heterocycles. The van der Waals surface area contributed by atoms with Gasteiger partial charge < -0.3 is 4.89 Å². The lowest BCUT2D eigenvalue weighted by Gasteiger charge is -2.56. The molecule has 0 aromatic rings. The van der Waals surface area contributed by atoms with E-state index in [0.717, 1.165) is 25.7 Å². The van der Waals surface area contributed by atoms with E-state index in [0.29, 0.717) is 22.8 Å². The smallest absolute Gasteiger partial charge is 0.208 e. The Bertz CT molecular complexity index is 651. The molecule has 1 N–H and O–H groups in total. The summed E-state index contributed by atoms with van der Waals surface area (Å²) in [6, 6.07) is 0. The van der Waals surface area contributed by atoms with Crippen molar-refractivity contribution in [3.8, 4) is 0 Å². The van der Waals surface area contributed by atoms with Crippen molar-refractivity contribution in [1.82, 2.24) is 0 Å². The molecule has 6 atom stereocenters. The molecule has 0 aromatic heterocycles. The molecule has 0 aromatic carbocycles. The largest absolute Gasteiger partial charge is 0.333 e. The second-order valence-electron chi connectivity index (χ2n) is 8.69. The number of hydrogen-bond acceptors (Lipinski definition) is 4. The highest BCUT2D eigenvalue weighted by molar-refractivity contribution is 7.80. The van der Waals surface area contributed by atoms with Crippen LogP contribution in [-0.2, 0) is 9.68 Å². The quantitative estimate of drug-likeness (QED) is 0.424. The van der Waals surface area contributed by atoms with E-state index in [4.69, 9.17) is 17.5 Å². The minimum Gasteiger partial charge on any atom is -0.333 e. The van der Waals surface area contributed by atoms with Crippen LogP contribution in [0, 0.1) is 34.5 Å². The Kier molecular flexibility index (Phi) is 3.77. The predicted octanol–water partition coefficient (Wildman–Crippen LogP) is 4.73. The minimum absolute atomic E-state index is 0.0459. The first-order valence-electron chi connectivity index (χ1n) is 9.19. The number of ketones is 1. The van der Waals surface area contributed by atoms with Gasteiger partial charge in [-0.2, -0.15) is 0 Å². The Balaban J connectivity index is 1.66. The molecule has 3 fully saturated rings. The number of hydrogen-bond donors (Lipinski definition) is 1. The van der Waals surface area contributed by atoms with Gasteiger partial charge in [0.2, 0.25) is 5.05 Å². The van der Waals surface area contributed by atoms with Crippen LogP contribution in [0.25, 0.3) is 0 Å². The number of fused-ring (bicyclic) bond motifs is 5. The van der Waals surface area contributed by atoms with Gasteiger partial charge in [0.05, 0.1) is 0 Å². The lowest BCUT2D eigenvalue weighted by atomic mass is 9.48. The van der Waals surface area contributed by atoms with Crippen molar-refractivity contribution in [2.45, 2.75) is 52.4 Å². The molecule has 0 heterocycles. The summed E-state index contributed by atoms with van der Waals surface area (Å²) in [6.07, 6.45) is 12.5. The van der Waals surface area contributed by atoms with Crippen molar-refractivity contribution in [2.24, 2.45) is 34.5 Å². The molecule has 0 bridgehead atoms. The molecular weight excluding hydrogens is 320 g/mol. The van der Waals surface area contributed by atoms with Gasteiger partial charge in [-0.15, -0.1) is 0 Å². The van der Waals surface area contributed by atoms with Crippen LogP contribution in [0.15, 0.2) is 23.8 Å². The van der Waals surface area contributed by atoms with E-state index in [-0.39, 0.29) is 22.5 Å². The Morgan fingerprint density at radius 3 is 2.79 bits per heavy atom. The van der Waals surface area contributed by atoms with E-state index in [1.807, 2.05) is 6.08 Å². The Labute approximate surface area is 149 Å². The van der Waals surface area contributed by atoms with E-state index in [2.05, 4.69) is 24.8 Å². The van der Waals surface area contributed by atoms with Gasteiger partial charge in [-0.1, -0.05) is 25.5 Å². The van der Waals surface area contributed by atoms with E-state index in [1.54, 1.807) is 6.08 Å². The third-order valence-corrected chi connectivity index (χ3v) is 8.29. The third kappa shape index (κ3) is 2.12. The maximum Gasteiger partial charge on any atom is 0.208 e. The minimum atomic E-state index is 0.0459. The van der Waals surface area contributed by atoms with Crippen molar-refractivity contribution in [1.29, 1.82) is 0 Å². The van der Waals surface area contributed by atoms with Crippen LogP contribution in [0.4, 0.5) is 0 Å². The second-order valence-corrected chi connectivity index (χ2v) is 9.09. The topological polar surface area (TPSA) is 46.5 Å². The van der Waals surface area contributed by atoms with Crippen LogP contribution >= 0.6 is 12.2 Å². The standard InChI is InChI=1S/C20H26O3S/c1-19-9-7-13(21)11-12(19)3-4-14-15-5-6-17(18(24)23-22)20(15,2)10-8-16(14)19/h7,9,11,14-17,22H,3-6,8,10H2,1-2H3/t14-,15-,16-,17+,19-,20-/m0/s1. The van der Waals surface area contributed by atoms with Gasteiger partial charge >= 0.3 is 0 Å². The molecule has 4 aliphatic rings. The number of thiocarbonyl (C=S) groups is 1. The number of rotatable bonds is 1. The van der Waals surface area contributed by atoms with Gasteiger partial charge in [0.1, 0.15) is 0 Å². The molecule has 0 radical (unpaired) electrons. The van der Waals surface area contributed by atoms with Crippen molar-refractivity contribution >= 4 is 23.1 Å². The van der Waals surface area contributed by atoms with Gasteiger partial charge in [0.15, 0.2) is 5.78 Å². The summed E-state index contributed by atoms with van der Waals surface area (Å²) in [4.78, 5) is 16.3. The highest BCUT2D eigenvalue weighted by atomic mass is 32.1. The summed E-state index contributed by atoms with van der Waals surface area (Å²) in [5.41, 5.74) is 1.53. The van der Waals surface area contributed by atoms with Crippen molar-refractivity contribution in [2.75, 3.05) is 0 Å². The monoisotopic (exact) mass is 346 g/mol. The van der Waals surface area contributed by atoms with E-state index in [1.165, 1.54) is 18.4 Å². The molecule has 4 aliphatic carbocycles. The predicted molar refractivity (Wildman–Crippen MR) is 96.4 cm³/mol. The van der Waals surface area contributed by atoms with E-state index in [9.17, 15) is 4.79 Å². The molecule has 0 unspecified atom stereocenters. The van der Waals surface area contributed by atoms with Gasteiger partial charge in [0.25, 0.3) is 0 Å². The van der Waals surface area contributed by atoms with Crippen LogP contribution in [0.3, 0.4) is 0 Å². The second kappa shape index (κ2) is 5.50. The fraction of sp³-hybridized carbons (Fsp3) is 0.700. The molecule has 0 aliphatic heterocycles. The van der Waals surface area contributed by atoms with Crippen LogP contribution in [0.5, 0.6) is 0 Å². The summed E-state index contributed by atoms with van der Waals surface area (Å²) in [6.45, 7) is 4.68. The van der Waals surface area contributed by atoms with Gasteiger partial charge in [-0.25, -0.2) is 5.26 Å². The van der Waals surface area contributed by atoms with Crippen molar-refractivity contribution in [3.63, 3.8) is 0 Å². The SMILES string of the molecule is C[C@]12CC[C@H]3[C@@H](CCC4=CC(=O)C=C[C@@]43C)[C@@H]1CC[C@@H]2C(=S)OO. The first-order chi connectivity index (χ1) is 11.4. The molecule has 4 rings (SSSR count). The lowest BCUT2D eigenvalue weighted by molar-refractivity contribution is -0.160. The Hall–Kier alpha value is -1.00. The van der Waals surface area contributed by atoms with Crippen LogP contribution in [-0.4, -0.2) is 16.1 Å². The van der Waals surface area contributed by atoms with E-state index >= 15 is 0 Å². The Morgan fingerprint density at radius 1 is 1.25 bits per heavy atom. The first-order valence-corrected chi connectivity index (χ1v) is 9.60. The zero-order chi connectivity index (χ0) is 17.1. The van der Waals surface area contributed by atoms with Crippen LogP contribution < -0.4 is 0 Å². The lowest BCUT2D eigenvalue weighted by Crippen LogP contribution is -2.50. The maximum atomic E-state index is 11.8. The van der Waals surface area contributed by atoms with Crippen molar-refractivity contribution < 1.29 is 14.9 Å². The van der Waals surface area contributed by atoms with E-state index < -0.39 is 0 Å². The summed E-state index contributed by atoms with van der Waals surface area (Å²) in [5.74, 6) is 2.26. The summed E-state index contributed by atoms with van der Waals surface area (Å²) in [7, 11) is 0. The molecule has 130 valence electrons. The average Bonchev–Trinajstić information content (AvgIpc) is 2.92. The summed E-state index contributed by atoms with van der Waals surface area (Å²) in [5, 5.41) is 9.44. The summed E-state index contributed by atoms with van der Waals surface area (Å²) >= 11 is 5.30. The number of carbonyl (C=O) groups excluding carboxylic acids is 1. The van der Waals surface area contributed by atoms with Gasteiger partial charge in [0, 0.05) is 11.3 Å². The van der Waals surface area contributed by atoms with Crippen molar-refractivity contribution in [3.05, 3.63) is 23.8 Å². The first kappa shape index (κ1) is 16.5. The zero-order valence-electron chi connectivity index (χ0n) is 14.5. The average molecular weight is 346 g/mol. The molecule has 0 amide bonds. The molecule has 3 nitrogen and oxygen atoms in total. The fourth-order valence-corrected chi connectivity index (χ4v) is 7.04. The fourth-order valence-electron chi connectivity index (χ4n) is 6.65. The molecule has 0 spiro atoms. The highest BCUT2D eigenvalue weighted by Crippen LogP contribution is 2.66. The third-order valence-electron chi connectivity index (χ3n) is 7.93. The molecular formula is C20H26O3S. The van der Waals surface area contributed by atoms with Gasteiger partial charge in [-0.05, 0) is 86.1 Å². The van der Waals surface area contributed by atoms with Crippen LogP contribution in [0.2, 0.25) is 0 Å². The normalized spacial score (nSPS) is 46.6. The van der Waals surface area contributed by atoms with Gasteiger partial charge in [-0.3, -0.25) is 4.79 Å². The molecule has 4 heteroatoms. The zero-order valence-corrected chi connectivity index (χ0v) is 15.3. The number of carbonyl (C=O) groups is 1. The molecule has 3 saturated carbocycles. The highest BCUT2D eigenvalue weighted by Gasteiger charge is 2.59. The summed E-state index contributed by atoms with van der Waals surface area (Å²) < 4.78 is 0. The Morgan fingerprint density at radius 2 is 2.04 bits per heavy atom. The maximum absolute atomic E-state index is 11.8. The number of allylic oxidation sites excluding steroid dienone is 4. The van der Waals surface area contributed by atoms with Crippen LogP contribution in [0.1, 0.15) is 52.4 Å².